The van der Waals surface area contributed by atoms with Crippen LogP contribution in [0.15, 0.2) is 41.1 Å². The second kappa shape index (κ2) is 8.22. The smallest absolute Gasteiger partial charge is 0.353 e. The number of thioether (sulfide) groups is 1. The van der Waals surface area contributed by atoms with Gasteiger partial charge in [0.15, 0.2) is 0 Å². The third-order valence-corrected chi connectivity index (χ3v) is 4.65. The summed E-state index contributed by atoms with van der Waals surface area (Å²) in [6.07, 6.45) is 0.851. The van der Waals surface area contributed by atoms with E-state index in [9.17, 15) is 9.59 Å². The molecule has 1 unspecified atom stereocenters. The number of benzene rings is 1. The number of carboxylic acids is 1. The number of rotatable bonds is 5. The topological polar surface area (TPSA) is 75.6 Å². The molecule has 2 N–H and O–H groups in total. The first-order chi connectivity index (χ1) is 10.6. The number of carbonyl (C=O) groups excluding carboxylic acids is 1. The van der Waals surface area contributed by atoms with Gasteiger partial charge in [-0.2, -0.15) is 0 Å². The van der Waals surface area contributed by atoms with Crippen LogP contribution in [0.3, 0.4) is 0 Å². The van der Waals surface area contributed by atoms with E-state index in [1.165, 1.54) is 11.8 Å². The van der Waals surface area contributed by atoms with Crippen molar-refractivity contribution < 1.29 is 19.4 Å². The molecule has 1 aromatic carbocycles. The summed E-state index contributed by atoms with van der Waals surface area (Å²) in [5, 5.41) is 11.4. The third kappa shape index (κ3) is 5.05. The van der Waals surface area contributed by atoms with Crippen LogP contribution in [0.5, 0.6) is 0 Å². The minimum absolute atomic E-state index is 0.0976. The number of halogens is 1. The van der Waals surface area contributed by atoms with E-state index in [-0.39, 0.29) is 22.6 Å². The number of amides is 1. The van der Waals surface area contributed by atoms with E-state index in [1.54, 1.807) is 0 Å². The number of carbonyl (C=O) groups is 2. The van der Waals surface area contributed by atoms with Gasteiger partial charge < -0.3 is 15.2 Å². The standard InChI is InChI=1S/C15H16ClNO4S/c16-11-9-22-13(8-12(18)17-14(11)15(19)20)21-7-6-10-4-2-1-3-5-10/h1-5,13H,6-9H2,(H,17,18)(H,19,20)/b14-11+. The number of carboxylic acid groups (broad SMARTS) is 1. The highest BCUT2D eigenvalue weighted by atomic mass is 35.5. The quantitative estimate of drug-likeness (QED) is 0.860. The molecule has 1 heterocycles. The second-order valence-corrected chi connectivity index (χ2v) is 6.29. The minimum atomic E-state index is -1.23. The van der Waals surface area contributed by atoms with E-state index in [1.807, 2.05) is 30.3 Å². The Morgan fingerprint density at radius 2 is 2.14 bits per heavy atom. The normalized spacial score (nSPS) is 22.6. The summed E-state index contributed by atoms with van der Waals surface area (Å²) in [5.41, 5.74) is 0.573. The van der Waals surface area contributed by atoms with E-state index in [2.05, 4.69) is 5.32 Å². The monoisotopic (exact) mass is 341 g/mol. The van der Waals surface area contributed by atoms with Crippen molar-refractivity contribution in [1.82, 2.24) is 5.32 Å². The summed E-state index contributed by atoms with van der Waals surface area (Å²) >= 11 is 7.25. The second-order valence-electron chi connectivity index (χ2n) is 4.68. The van der Waals surface area contributed by atoms with Gasteiger partial charge in [0.25, 0.3) is 0 Å². The maximum Gasteiger partial charge on any atom is 0.353 e. The fourth-order valence-corrected chi connectivity index (χ4v) is 3.19. The van der Waals surface area contributed by atoms with E-state index in [0.29, 0.717) is 12.4 Å². The van der Waals surface area contributed by atoms with E-state index in [0.717, 1.165) is 12.0 Å². The molecule has 1 amide bonds. The Morgan fingerprint density at radius 3 is 2.82 bits per heavy atom. The van der Waals surface area contributed by atoms with Crippen LogP contribution in [-0.2, 0) is 20.7 Å². The van der Waals surface area contributed by atoms with Crippen LogP contribution >= 0.6 is 23.4 Å². The Hall–Kier alpha value is -1.50. The zero-order chi connectivity index (χ0) is 15.9. The first kappa shape index (κ1) is 16.9. The van der Waals surface area contributed by atoms with Crippen molar-refractivity contribution in [2.24, 2.45) is 0 Å². The van der Waals surface area contributed by atoms with Gasteiger partial charge in [0.2, 0.25) is 5.91 Å². The molecule has 0 aliphatic carbocycles. The summed E-state index contributed by atoms with van der Waals surface area (Å²) in [5.74, 6) is -1.35. The third-order valence-electron chi connectivity index (χ3n) is 3.03. The van der Waals surface area contributed by atoms with Crippen molar-refractivity contribution in [2.75, 3.05) is 12.4 Å². The van der Waals surface area contributed by atoms with Crippen molar-refractivity contribution in [1.29, 1.82) is 0 Å². The molecule has 1 atom stereocenters. The Kier molecular flexibility index (Phi) is 6.30. The zero-order valence-corrected chi connectivity index (χ0v) is 13.3. The highest BCUT2D eigenvalue weighted by molar-refractivity contribution is 8.00. The molecule has 0 saturated heterocycles. The van der Waals surface area contributed by atoms with Crippen LogP contribution < -0.4 is 5.32 Å². The highest BCUT2D eigenvalue weighted by Gasteiger charge is 2.24. The first-order valence-corrected chi connectivity index (χ1v) is 8.18. The van der Waals surface area contributed by atoms with Crippen LogP contribution in [0.4, 0.5) is 0 Å². The molecule has 118 valence electrons. The Bertz CT molecular complexity index is 576. The molecular weight excluding hydrogens is 326 g/mol. The number of nitrogens with one attached hydrogen (secondary N) is 1. The first-order valence-electron chi connectivity index (χ1n) is 6.75. The van der Waals surface area contributed by atoms with Crippen molar-refractivity contribution in [2.45, 2.75) is 18.3 Å². The number of hydrogen-bond donors (Lipinski definition) is 2. The summed E-state index contributed by atoms with van der Waals surface area (Å²) < 4.78 is 5.71. The zero-order valence-electron chi connectivity index (χ0n) is 11.8. The van der Waals surface area contributed by atoms with Gasteiger partial charge in [-0.25, -0.2) is 4.79 Å². The molecular formula is C15H16ClNO4S. The molecule has 1 aliphatic heterocycles. The fraction of sp³-hybridized carbons (Fsp3) is 0.333. The van der Waals surface area contributed by atoms with Crippen molar-refractivity contribution in [3.8, 4) is 0 Å². The molecule has 1 aliphatic rings. The van der Waals surface area contributed by atoms with E-state index >= 15 is 0 Å². The summed E-state index contributed by atoms with van der Waals surface area (Å²) in [6.45, 7) is 0.488. The Labute approximate surface area is 137 Å². The SMILES string of the molecule is O=C1CC(OCCc2ccccc2)SC/C(Cl)=C(/C(=O)O)N1. The molecule has 0 spiro atoms. The minimum Gasteiger partial charge on any atom is -0.477 e. The lowest BCUT2D eigenvalue weighted by Gasteiger charge is -2.20. The van der Waals surface area contributed by atoms with Gasteiger partial charge in [0.05, 0.1) is 18.1 Å². The average molecular weight is 342 g/mol. The molecule has 0 aromatic heterocycles. The van der Waals surface area contributed by atoms with Gasteiger partial charge in [-0.3, -0.25) is 4.79 Å². The van der Waals surface area contributed by atoms with Gasteiger partial charge in [0, 0.05) is 5.75 Å². The molecule has 0 saturated carbocycles. The lowest BCUT2D eigenvalue weighted by molar-refractivity contribution is -0.135. The average Bonchev–Trinajstić information content (AvgIpc) is 2.49. The number of hydrogen-bond acceptors (Lipinski definition) is 4. The number of aliphatic carboxylic acids is 1. The van der Waals surface area contributed by atoms with Crippen molar-refractivity contribution in [3.05, 3.63) is 46.6 Å². The molecule has 22 heavy (non-hydrogen) atoms. The van der Waals surface area contributed by atoms with E-state index in [4.69, 9.17) is 21.4 Å². The maximum atomic E-state index is 11.8. The molecule has 7 heteroatoms. The van der Waals surface area contributed by atoms with Gasteiger partial charge >= 0.3 is 5.97 Å². The molecule has 0 bridgehead atoms. The molecule has 1 aromatic rings. The summed E-state index contributed by atoms with van der Waals surface area (Å²) in [4.78, 5) is 22.8. The van der Waals surface area contributed by atoms with Gasteiger partial charge in [-0.1, -0.05) is 41.9 Å². The van der Waals surface area contributed by atoms with Gasteiger partial charge in [-0.05, 0) is 12.0 Å². The predicted molar refractivity (Wildman–Crippen MR) is 85.6 cm³/mol. The summed E-state index contributed by atoms with van der Waals surface area (Å²) in [6, 6.07) is 9.91. The Balaban J connectivity index is 1.88. The fourth-order valence-electron chi connectivity index (χ4n) is 1.94. The van der Waals surface area contributed by atoms with Gasteiger partial charge in [-0.15, -0.1) is 11.8 Å². The van der Waals surface area contributed by atoms with Crippen molar-refractivity contribution in [3.63, 3.8) is 0 Å². The molecule has 0 radical (unpaired) electrons. The predicted octanol–water partition coefficient (Wildman–Crippen LogP) is 2.36. The van der Waals surface area contributed by atoms with Crippen LogP contribution in [0.25, 0.3) is 0 Å². The lowest BCUT2D eigenvalue weighted by atomic mass is 10.2. The number of ether oxygens (including phenoxy) is 1. The Morgan fingerprint density at radius 1 is 1.41 bits per heavy atom. The van der Waals surface area contributed by atoms with Gasteiger partial charge in [0.1, 0.15) is 11.1 Å². The van der Waals surface area contributed by atoms with Crippen molar-refractivity contribution >= 4 is 35.2 Å². The van der Waals surface area contributed by atoms with Crippen LogP contribution in [0, 0.1) is 0 Å². The summed E-state index contributed by atoms with van der Waals surface area (Å²) in [7, 11) is 0. The lowest BCUT2D eigenvalue weighted by Crippen LogP contribution is -2.33. The molecule has 5 nitrogen and oxygen atoms in total. The maximum absolute atomic E-state index is 11.8. The van der Waals surface area contributed by atoms with Crippen LogP contribution in [0.1, 0.15) is 12.0 Å². The molecule has 2 rings (SSSR count). The van der Waals surface area contributed by atoms with Crippen LogP contribution in [-0.4, -0.2) is 34.8 Å². The van der Waals surface area contributed by atoms with Crippen LogP contribution in [0.2, 0.25) is 0 Å². The molecule has 0 fully saturated rings. The van der Waals surface area contributed by atoms with E-state index < -0.39 is 11.9 Å². The largest absolute Gasteiger partial charge is 0.477 e. The highest BCUT2D eigenvalue weighted by Crippen LogP contribution is 2.25.